The van der Waals surface area contributed by atoms with Crippen molar-refractivity contribution in [3.63, 3.8) is 0 Å². The predicted octanol–water partition coefficient (Wildman–Crippen LogP) is 14.4. The van der Waals surface area contributed by atoms with Gasteiger partial charge in [-0.05, 0) is 39.0 Å². The standard InChI is InChI=1S/2C22H25.2CH3.2ClH.Si.Zr/c1-15(2)18-13-17-7-6-8-20(21(17)14-18)16-9-11-19(12-10-16)22(3,4)5;1-6-16-9-12-19(21-14-15(2)13-20(16)21)17-7-10-18(11-8-17)22(3,4)5;;;;;;/h6-15H,1-5H3;7-14H,6H2,1-5H3;2*1H3;2*1H;;/q4*-1;;;;. The molecule has 0 aliphatic carbocycles. The van der Waals surface area contributed by atoms with Gasteiger partial charge >= 0.3 is 30.2 Å². The maximum atomic E-state index is 3.06. The summed E-state index contributed by atoms with van der Waals surface area (Å²) in [6.45, 7) is 25.6. The van der Waals surface area contributed by atoms with Crippen LogP contribution in [0.4, 0.5) is 0 Å². The molecule has 0 fully saturated rings. The zero-order chi connectivity index (χ0) is 33.8. The van der Waals surface area contributed by atoms with E-state index in [0.717, 1.165) is 6.42 Å². The van der Waals surface area contributed by atoms with E-state index in [0.29, 0.717) is 5.92 Å². The Balaban J connectivity index is 0.000000850. The van der Waals surface area contributed by atoms with E-state index < -0.39 is 0 Å². The van der Waals surface area contributed by atoms with Crippen molar-refractivity contribution in [2.45, 2.75) is 92.4 Å². The Bertz CT molecular complexity index is 1890. The molecule has 0 aliphatic rings. The summed E-state index contributed by atoms with van der Waals surface area (Å²) in [4.78, 5) is 0. The van der Waals surface area contributed by atoms with E-state index in [4.69, 9.17) is 0 Å². The summed E-state index contributed by atoms with van der Waals surface area (Å²) in [5.74, 6) is 0.573. The fraction of sp³-hybridized carbons (Fsp3) is 0.304. The third kappa shape index (κ3) is 11.1. The SMILES string of the molecule is CC(C)c1cc2c(-c3ccc(C(C)(C)C)cc3)cccc2[cH-]1.CCc1ccc(-c2ccc(C(C)(C)C)cc2)c2cc(C)[cH-]c12.Cl.Cl.[CH3-].[CH3-].[Si]=[Zr]. The molecule has 0 unspecified atom stereocenters. The second kappa shape index (κ2) is 20.1. The van der Waals surface area contributed by atoms with Gasteiger partial charge in [0, 0.05) is 0 Å². The summed E-state index contributed by atoms with van der Waals surface area (Å²) in [5.41, 5.74) is 12.7. The molecule has 0 aliphatic heterocycles. The number of hydrogen-bond donors (Lipinski definition) is 0. The molecule has 4 heteroatoms. The zero-order valence-corrected chi connectivity index (χ0v) is 37.5. The molecule has 0 atom stereocenters. The molecule has 0 nitrogen and oxygen atoms in total. The molecule has 2 radical (unpaired) electrons. The van der Waals surface area contributed by atoms with E-state index in [2.05, 4.69) is 179 Å². The molecule has 0 heterocycles. The van der Waals surface area contributed by atoms with Crippen LogP contribution in [0.5, 0.6) is 0 Å². The van der Waals surface area contributed by atoms with Crippen LogP contribution in [0.2, 0.25) is 0 Å². The van der Waals surface area contributed by atoms with Crippen molar-refractivity contribution in [3.05, 3.63) is 146 Å². The van der Waals surface area contributed by atoms with Crippen LogP contribution in [-0.4, -0.2) is 6.88 Å². The van der Waals surface area contributed by atoms with Crippen molar-refractivity contribution < 1.29 is 23.3 Å². The molecule has 6 rings (SSSR count). The average molecular weight is 801 g/mol. The summed E-state index contributed by atoms with van der Waals surface area (Å²) in [5, 5.41) is 5.52. The zero-order valence-electron chi connectivity index (χ0n) is 32.4. The van der Waals surface area contributed by atoms with E-state index in [1.54, 1.807) is 0 Å². The van der Waals surface area contributed by atoms with E-state index in [-0.39, 0.29) is 50.5 Å². The van der Waals surface area contributed by atoms with Crippen molar-refractivity contribution in [1.82, 2.24) is 0 Å². The van der Waals surface area contributed by atoms with Gasteiger partial charge in [-0.25, -0.2) is 0 Å². The monoisotopic (exact) mass is 798 g/mol. The predicted molar refractivity (Wildman–Crippen MR) is 229 cm³/mol. The van der Waals surface area contributed by atoms with Crippen LogP contribution in [0.1, 0.15) is 96.0 Å². The summed E-state index contributed by atoms with van der Waals surface area (Å²) in [6, 6.07) is 38.6. The topological polar surface area (TPSA) is 0 Å². The molecule has 6 aromatic carbocycles. The Hall–Kier alpha value is -2.22. The van der Waals surface area contributed by atoms with E-state index in [9.17, 15) is 0 Å². The minimum absolute atomic E-state index is 0. The average Bonchev–Trinajstić information content (AvgIpc) is 3.65. The molecule has 6 aromatic rings. The van der Waals surface area contributed by atoms with Gasteiger partial charge in [0.1, 0.15) is 0 Å². The van der Waals surface area contributed by atoms with Crippen molar-refractivity contribution in [1.29, 1.82) is 0 Å². The molecule has 0 saturated heterocycles. The summed E-state index contributed by atoms with van der Waals surface area (Å²) < 4.78 is 0. The number of rotatable bonds is 4. The van der Waals surface area contributed by atoms with Crippen molar-refractivity contribution in [2.24, 2.45) is 0 Å². The first kappa shape index (κ1) is 47.8. The molecule has 268 valence electrons. The Kier molecular flexibility index (Phi) is 19.2. The number of benzene rings is 4. The Morgan fingerprint density at radius 2 is 1.12 bits per heavy atom. The van der Waals surface area contributed by atoms with E-state index in [1.165, 1.54) is 95.0 Å². The molecule has 0 N–H and O–H groups in total. The van der Waals surface area contributed by atoms with Crippen LogP contribution < -0.4 is 0 Å². The van der Waals surface area contributed by atoms with Crippen molar-refractivity contribution >= 4 is 53.2 Å². The minimum atomic E-state index is 0. The van der Waals surface area contributed by atoms with Gasteiger partial charge in [0.2, 0.25) is 0 Å². The number of fused-ring (bicyclic) bond motifs is 2. The van der Waals surface area contributed by atoms with Crippen molar-refractivity contribution in [2.75, 3.05) is 0 Å². The quantitative estimate of drug-likeness (QED) is 0.123. The van der Waals surface area contributed by atoms with E-state index >= 15 is 0 Å². The van der Waals surface area contributed by atoms with Crippen LogP contribution in [-0.2, 0) is 40.6 Å². The number of halogens is 2. The Labute approximate surface area is 334 Å². The van der Waals surface area contributed by atoms with Gasteiger partial charge in [-0.15, -0.1) is 93.4 Å². The Morgan fingerprint density at radius 1 is 0.640 bits per heavy atom. The summed E-state index contributed by atoms with van der Waals surface area (Å²) in [6.07, 6.45) is 1.09. The molecule has 0 bridgehead atoms. The van der Waals surface area contributed by atoms with Gasteiger partial charge in [0.05, 0.1) is 0 Å². The molecule has 0 saturated carbocycles. The third-order valence-electron chi connectivity index (χ3n) is 9.07. The second-order valence-corrected chi connectivity index (χ2v) is 14.9. The first-order chi connectivity index (χ1) is 21.8. The van der Waals surface area contributed by atoms with Gasteiger partial charge in [-0.1, -0.05) is 147 Å². The van der Waals surface area contributed by atoms with Crippen LogP contribution in [0.25, 0.3) is 43.8 Å². The molecule has 0 spiro atoms. The first-order valence-corrected chi connectivity index (χ1v) is 20.8. The molecular formula is C46H58Cl2SiZr-4. The summed E-state index contributed by atoms with van der Waals surface area (Å²) >= 11 is 1.36. The molecule has 0 aromatic heterocycles. The van der Waals surface area contributed by atoms with Gasteiger partial charge in [0.15, 0.2) is 0 Å². The maximum absolute atomic E-state index is 3.06. The van der Waals surface area contributed by atoms with E-state index in [1.807, 2.05) is 0 Å². The van der Waals surface area contributed by atoms with Gasteiger partial charge < -0.3 is 14.9 Å². The summed E-state index contributed by atoms with van der Waals surface area (Å²) in [7, 11) is 0. The number of hydrogen-bond acceptors (Lipinski definition) is 0. The van der Waals surface area contributed by atoms with Crippen LogP contribution in [0.15, 0.2) is 103 Å². The fourth-order valence-electron chi connectivity index (χ4n) is 6.21. The normalized spacial score (nSPS) is 10.8. The molecular weight excluding hydrogens is 743 g/mol. The van der Waals surface area contributed by atoms with Gasteiger partial charge in [-0.3, -0.25) is 0 Å². The van der Waals surface area contributed by atoms with Gasteiger partial charge in [-0.2, -0.15) is 12.1 Å². The fourth-order valence-corrected chi connectivity index (χ4v) is 6.21. The number of aryl methyl sites for hydroxylation is 2. The Morgan fingerprint density at radius 3 is 1.56 bits per heavy atom. The molecule has 0 amide bonds. The first-order valence-electron chi connectivity index (χ1n) is 16.6. The third-order valence-corrected chi connectivity index (χ3v) is 9.07. The van der Waals surface area contributed by atoms with Crippen molar-refractivity contribution in [3.8, 4) is 22.3 Å². The molecule has 50 heavy (non-hydrogen) atoms. The van der Waals surface area contributed by atoms with Crippen LogP contribution in [0, 0.1) is 21.8 Å². The van der Waals surface area contributed by atoms with Gasteiger partial charge in [0.25, 0.3) is 0 Å². The second-order valence-electron chi connectivity index (χ2n) is 14.9. The van der Waals surface area contributed by atoms with Crippen LogP contribution in [0.3, 0.4) is 0 Å². The van der Waals surface area contributed by atoms with Crippen LogP contribution >= 0.6 is 24.8 Å².